The van der Waals surface area contributed by atoms with Gasteiger partial charge in [-0.05, 0) is 56.7 Å². The fraction of sp³-hybridized carbons (Fsp3) is 0.438. The van der Waals surface area contributed by atoms with Gasteiger partial charge < -0.3 is 5.32 Å². The van der Waals surface area contributed by atoms with Crippen molar-refractivity contribution in [3.8, 4) is 0 Å². The number of aromatic nitrogens is 3. The summed E-state index contributed by atoms with van der Waals surface area (Å²) in [5.41, 5.74) is 3.33. The number of rotatable bonds is 5. The molecule has 0 aliphatic rings. The van der Waals surface area contributed by atoms with Crippen molar-refractivity contribution < 1.29 is 0 Å². The largest absolute Gasteiger partial charge is 0.373 e. The van der Waals surface area contributed by atoms with Gasteiger partial charge in [0.15, 0.2) is 0 Å². The minimum absolute atomic E-state index is 0.888. The van der Waals surface area contributed by atoms with Crippen molar-refractivity contribution in [1.29, 1.82) is 0 Å². The fourth-order valence-electron chi connectivity index (χ4n) is 2.17. The van der Waals surface area contributed by atoms with Crippen LogP contribution in [-0.2, 0) is 6.42 Å². The summed E-state index contributed by atoms with van der Waals surface area (Å²) >= 11 is 1.61. The van der Waals surface area contributed by atoms with Crippen LogP contribution in [0.2, 0.25) is 0 Å². The van der Waals surface area contributed by atoms with Gasteiger partial charge in [-0.15, -0.1) is 0 Å². The summed E-state index contributed by atoms with van der Waals surface area (Å²) in [4.78, 5) is 13.8. The molecule has 0 saturated heterocycles. The molecule has 0 bridgehead atoms. The molecule has 1 N–H and O–H groups in total. The summed E-state index contributed by atoms with van der Waals surface area (Å²) in [6.45, 7) is 8.30. The van der Waals surface area contributed by atoms with E-state index in [4.69, 9.17) is 4.98 Å². The molecule has 5 heteroatoms. The third-order valence-corrected chi connectivity index (χ3v) is 4.14. The molecule has 0 aliphatic carbocycles. The van der Waals surface area contributed by atoms with Crippen LogP contribution in [0, 0.1) is 20.8 Å². The molecule has 0 spiro atoms. The van der Waals surface area contributed by atoms with E-state index in [0.717, 1.165) is 45.8 Å². The summed E-state index contributed by atoms with van der Waals surface area (Å²) < 4.78 is 0. The Morgan fingerprint density at radius 2 is 1.86 bits per heavy atom. The third kappa shape index (κ3) is 3.94. The number of hydrogen-bond acceptors (Lipinski definition) is 5. The number of aryl methyl sites for hydroxylation is 3. The molecule has 2 rings (SSSR count). The first kappa shape index (κ1) is 15.8. The maximum Gasteiger partial charge on any atom is 0.133 e. The number of nitrogens with zero attached hydrogens (tertiary/aromatic N) is 3. The highest BCUT2D eigenvalue weighted by molar-refractivity contribution is 7.99. The second-order valence-corrected chi connectivity index (χ2v) is 6.15. The molecule has 0 atom stereocenters. The highest BCUT2D eigenvalue weighted by atomic mass is 32.2. The van der Waals surface area contributed by atoms with E-state index < -0.39 is 0 Å². The third-order valence-electron chi connectivity index (χ3n) is 3.13. The van der Waals surface area contributed by atoms with Crippen molar-refractivity contribution in [2.45, 2.75) is 50.6 Å². The first-order chi connectivity index (χ1) is 10.0. The number of nitrogens with one attached hydrogen (secondary N) is 1. The highest BCUT2D eigenvalue weighted by Gasteiger charge is 2.12. The lowest BCUT2D eigenvalue weighted by atomic mass is 10.3. The molecular weight excluding hydrogens is 280 g/mol. The Balaban J connectivity index is 2.39. The molecule has 0 unspecified atom stereocenters. The van der Waals surface area contributed by atoms with Gasteiger partial charge in [-0.3, -0.25) is 0 Å². The minimum atomic E-state index is 0.888. The monoisotopic (exact) mass is 302 g/mol. The Morgan fingerprint density at radius 1 is 1.10 bits per heavy atom. The van der Waals surface area contributed by atoms with Gasteiger partial charge in [0.1, 0.15) is 21.7 Å². The molecule has 0 radical (unpaired) electrons. The van der Waals surface area contributed by atoms with E-state index in [1.54, 1.807) is 11.8 Å². The van der Waals surface area contributed by atoms with Crippen LogP contribution in [0.25, 0.3) is 0 Å². The molecule has 4 nitrogen and oxygen atoms in total. The Kier molecular flexibility index (Phi) is 5.17. The van der Waals surface area contributed by atoms with Crippen molar-refractivity contribution in [1.82, 2.24) is 15.0 Å². The average Bonchev–Trinajstić information content (AvgIpc) is 2.41. The quantitative estimate of drug-likeness (QED) is 0.848. The molecule has 112 valence electrons. The summed E-state index contributed by atoms with van der Waals surface area (Å²) in [5.74, 6) is 1.79. The number of hydrogen-bond donors (Lipinski definition) is 1. The van der Waals surface area contributed by atoms with E-state index in [9.17, 15) is 0 Å². The number of pyridine rings is 1. The summed E-state index contributed by atoms with van der Waals surface area (Å²) in [5, 5.41) is 5.12. The molecule has 0 amide bonds. The van der Waals surface area contributed by atoms with Crippen molar-refractivity contribution >= 4 is 17.6 Å². The highest BCUT2D eigenvalue weighted by Crippen LogP contribution is 2.31. The van der Waals surface area contributed by atoms with E-state index in [1.807, 2.05) is 20.9 Å². The smallest absolute Gasteiger partial charge is 0.133 e. The van der Waals surface area contributed by atoms with Gasteiger partial charge in [-0.1, -0.05) is 6.92 Å². The van der Waals surface area contributed by atoms with Gasteiger partial charge in [0.25, 0.3) is 0 Å². The first-order valence-corrected chi connectivity index (χ1v) is 8.03. The van der Waals surface area contributed by atoms with Crippen LogP contribution in [-0.4, -0.2) is 22.0 Å². The van der Waals surface area contributed by atoms with Crippen LogP contribution in [0.3, 0.4) is 0 Å². The maximum atomic E-state index is 4.70. The zero-order valence-corrected chi connectivity index (χ0v) is 14.1. The number of anilines is 1. The van der Waals surface area contributed by atoms with Crippen LogP contribution in [0.5, 0.6) is 0 Å². The van der Waals surface area contributed by atoms with Crippen molar-refractivity contribution in [3.05, 3.63) is 34.8 Å². The molecule has 2 aromatic heterocycles. The fourth-order valence-corrected chi connectivity index (χ4v) is 3.21. The van der Waals surface area contributed by atoms with Gasteiger partial charge in [-0.2, -0.15) is 0 Å². The van der Waals surface area contributed by atoms with E-state index in [0.29, 0.717) is 0 Å². The molecule has 21 heavy (non-hydrogen) atoms. The molecule has 0 saturated carbocycles. The van der Waals surface area contributed by atoms with E-state index >= 15 is 0 Å². The molecule has 2 heterocycles. The van der Waals surface area contributed by atoms with Crippen LogP contribution in [0.15, 0.2) is 22.2 Å². The van der Waals surface area contributed by atoms with Gasteiger partial charge in [0.2, 0.25) is 0 Å². The summed E-state index contributed by atoms with van der Waals surface area (Å²) in [7, 11) is 1.90. The zero-order chi connectivity index (χ0) is 15.4. The Bertz CT molecular complexity index is 620. The van der Waals surface area contributed by atoms with Crippen LogP contribution >= 0.6 is 11.8 Å². The Labute approximate surface area is 130 Å². The molecule has 0 aliphatic heterocycles. The molecule has 2 aromatic rings. The predicted molar refractivity (Wildman–Crippen MR) is 88.1 cm³/mol. The SMILES string of the molecule is CCCc1nc(NC)c(C)c(Sc2cc(C)cc(C)n2)n1. The summed E-state index contributed by atoms with van der Waals surface area (Å²) in [6.07, 6.45) is 1.93. The van der Waals surface area contributed by atoms with Gasteiger partial charge in [-0.25, -0.2) is 15.0 Å². The second-order valence-electron chi connectivity index (χ2n) is 5.14. The van der Waals surface area contributed by atoms with E-state index in [-0.39, 0.29) is 0 Å². The summed E-state index contributed by atoms with van der Waals surface area (Å²) in [6, 6.07) is 4.18. The van der Waals surface area contributed by atoms with Crippen LogP contribution in [0.4, 0.5) is 5.82 Å². The van der Waals surface area contributed by atoms with Crippen LogP contribution in [0.1, 0.15) is 36.0 Å². The van der Waals surface area contributed by atoms with Gasteiger partial charge in [0, 0.05) is 24.7 Å². The van der Waals surface area contributed by atoms with E-state index in [2.05, 4.69) is 41.3 Å². The predicted octanol–water partition coefficient (Wildman–Crippen LogP) is 3.94. The standard InChI is InChI=1S/C16H22N4S/c1-6-7-13-19-15(17-5)12(4)16(20-13)21-14-9-10(2)8-11(3)18-14/h8-9H,6-7H2,1-5H3,(H,17,19,20). The maximum absolute atomic E-state index is 4.70. The van der Waals surface area contributed by atoms with Crippen LogP contribution < -0.4 is 5.32 Å². The molecule has 0 aromatic carbocycles. The van der Waals surface area contributed by atoms with Crippen molar-refractivity contribution in [3.63, 3.8) is 0 Å². The van der Waals surface area contributed by atoms with Crippen molar-refractivity contribution in [2.24, 2.45) is 0 Å². The van der Waals surface area contributed by atoms with Crippen molar-refractivity contribution in [2.75, 3.05) is 12.4 Å². The lowest BCUT2D eigenvalue weighted by Crippen LogP contribution is -2.05. The second kappa shape index (κ2) is 6.89. The first-order valence-electron chi connectivity index (χ1n) is 7.22. The Hall–Kier alpha value is -1.62. The Morgan fingerprint density at radius 3 is 2.48 bits per heavy atom. The zero-order valence-electron chi connectivity index (χ0n) is 13.3. The lowest BCUT2D eigenvalue weighted by Gasteiger charge is -2.11. The lowest BCUT2D eigenvalue weighted by molar-refractivity contribution is 0.803. The molecule has 0 fully saturated rings. The topological polar surface area (TPSA) is 50.7 Å². The minimum Gasteiger partial charge on any atom is -0.373 e. The van der Waals surface area contributed by atoms with E-state index in [1.165, 1.54) is 5.56 Å². The molecular formula is C16H22N4S. The van der Waals surface area contributed by atoms with Gasteiger partial charge in [0.05, 0.1) is 0 Å². The normalized spacial score (nSPS) is 10.7. The average molecular weight is 302 g/mol. The van der Waals surface area contributed by atoms with Gasteiger partial charge >= 0.3 is 0 Å².